The van der Waals surface area contributed by atoms with Crippen LogP contribution in [0.1, 0.15) is 59.8 Å². The molecule has 0 aromatic rings. The lowest BCUT2D eigenvalue weighted by Crippen LogP contribution is -2.53. The Bertz CT molecular complexity index is 314. The summed E-state index contributed by atoms with van der Waals surface area (Å²) in [6, 6.07) is 0. The van der Waals surface area contributed by atoms with E-state index >= 15 is 0 Å². The minimum absolute atomic E-state index is 0.276. The minimum atomic E-state index is -0.707. The summed E-state index contributed by atoms with van der Waals surface area (Å²) in [5, 5.41) is 13.1. The predicted octanol–water partition coefficient (Wildman–Crippen LogP) is 2.73. The molecule has 0 aromatic heterocycles. The lowest BCUT2D eigenvalue weighted by Gasteiger charge is -2.31. The van der Waals surface area contributed by atoms with E-state index in [0.29, 0.717) is 0 Å². The monoisotopic (exact) mass is 284 g/mol. The summed E-state index contributed by atoms with van der Waals surface area (Å²) in [5.74, 6) is -0.672. The summed E-state index contributed by atoms with van der Waals surface area (Å²) < 4.78 is 0. The average molecular weight is 284 g/mol. The number of carboxylic acid groups (broad SMARTS) is 1. The highest BCUT2D eigenvalue weighted by Gasteiger charge is 2.41. The molecular formula is C16H32N2O2. The second-order valence-corrected chi connectivity index (χ2v) is 6.86. The quantitative estimate of drug-likeness (QED) is 0.706. The van der Waals surface area contributed by atoms with Gasteiger partial charge in [-0.25, -0.2) is 0 Å². The zero-order valence-electron chi connectivity index (χ0n) is 13.7. The van der Waals surface area contributed by atoms with Crippen molar-refractivity contribution < 1.29 is 9.90 Å². The van der Waals surface area contributed by atoms with Gasteiger partial charge in [-0.05, 0) is 44.2 Å². The van der Waals surface area contributed by atoms with Gasteiger partial charge in [0.2, 0.25) is 0 Å². The molecule has 1 saturated carbocycles. The van der Waals surface area contributed by atoms with Crippen molar-refractivity contribution in [3.8, 4) is 0 Å². The van der Waals surface area contributed by atoms with Crippen LogP contribution in [0.3, 0.4) is 0 Å². The van der Waals surface area contributed by atoms with E-state index in [-0.39, 0.29) is 5.41 Å². The van der Waals surface area contributed by atoms with Crippen LogP contribution in [0.15, 0.2) is 0 Å². The molecule has 1 aliphatic rings. The largest absolute Gasteiger partial charge is 0.480 e. The number of hydrogen-bond acceptors (Lipinski definition) is 3. The third-order valence-corrected chi connectivity index (χ3v) is 4.88. The second-order valence-electron chi connectivity index (χ2n) is 6.86. The van der Waals surface area contributed by atoms with Crippen LogP contribution in [0.4, 0.5) is 0 Å². The van der Waals surface area contributed by atoms with E-state index in [9.17, 15) is 9.90 Å². The topological polar surface area (TPSA) is 52.6 Å². The number of carboxylic acids is 1. The van der Waals surface area contributed by atoms with E-state index in [2.05, 4.69) is 37.9 Å². The molecule has 4 nitrogen and oxygen atoms in total. The molecule has 0 spiro atoms. The van der Waals surface area contributed by atoms with E-state index < -0.39 is 11.5 Å². The molecule has 0 amide bonds. The summed E-state index contributed by atoms with van der Waals surface area (Å²) in [7, 11) is 0. The summed E-state index contributed by atoms with van der Waals surface area (Å²) in [6.07, 6.45) is 4.60. The van der Waals surface area contributed by atoms with Gasteiger partial charge in [0.05, 0.1) is 0 Å². The van der Waals surface area contributed by atoms with Gasteiger partial charge in [-0.1, -0.05) is 34.1 Å². The highest BCUT2D eigenvalue weighted by molar-refractivity contribution is 5.78. The van der Waals surface area contributed by atoms with Crippen molar-refractivity contribution in [1.82, 2.24) is 10.2 Å². The molecule has 0 aromatic carbocycles. The Morgan fingerprint density at radius 2 is 1.80 bits per heavy atom. The fourth-order valence-corrected chi connectivity index (χ4v) is 3.13. The standard InChI is InChI=1S/C16H32N2O2/c1-5-18(6-2)13-12-17-16(14(19)20)9-7-8-15(3,4)10-11-16/h17H,5-13H2,1-4H3,(H,19,20). The predicted molar refractivity (Wildman–Crippen MR) is 83.0 cm³/mol. The fourth-order valence-electron chi connectivity index (χ4n) is 3.13. The maximum atomic E-state index is 11.8. The number of rotatable bonds is 7. The molecule has 0 radical (unpaired) electrons. The van der Waals surface area contributed by atoms with Crippen molar-refractivity contribution in [2.24, 2.45) is 5.41 Å². The van der Waals surface area contributed by atoms with Gasteiger partial charge in [0.15, 0.2) is 0 Å². The Kier molecular flexibility index (Phi) is 6.46. The van der Waals surface area contributed by atoms with E-state index in [1.807, 2.05) is 0 Å². The first kappa shape index (κ1) is 17.4. The van der Waals surface area contributed by atoms with Crippen molar-refractivity contribution in [3.63, 3.8) is 0 Å². The third kappa shape index (κ3) is 4.74. The Morgan fingerprint density at radius 1 is 1.15 bits per heavy atom. The summed E-state index contributed by atoms with van der Waals surface area (Å²) >= 11 is 0. The molecule has 0 aliphatic heterocycles. The van der Waals surface area contributed by atoms with Gasteiger partial charge < -0.3 is 15.3 Å². The van der Waals surface area contributed by atoms with E-state index in [1.54, 1.807) is 0 Å². The molecule has 1 fully saturated rings. The Hall–Kier alpha value is -0.610. The van der Waals surface area contributed by atoms with Crippen LogP contribution >= 0.6 is 0 Å². The zero-order valence-corrected chi connectivity index (χ0v) is 13.7. The number of hydrogen-bond donors (Lipinski definition) is 2. The van der Waals surface area contributed by atoms with Gasteiger partial charge >= 0.3 is 5.97 Å². The van der Waals surface area contributed by atoms with Crippen molar-refractivity contribution in [2.45, 2.75) is 65.3 Å². The maximum Gasteiger partial charge on any atom is 0.323 e. The molecule has 1 aliphatic carbocycles. The molecule has 2 N–H and O–H groups in total. The smallest absolute Gasteiger partial charge is 0.323 e. The third-order valence-electron chi connectivity index (χ3n) is 4.88. The number of carbonyl (C=O) groups is 1. The Balaban J connectivity index is 2.61. The minimum Gasteiger partial charge on any atom is -0.480 e. The summed E-state index contributed by atoms with van der Waals surface area (Å²) in [6.45, 7) is 12.5. The van der Waals surface area contributed by atoms with Crippen LogP contribution in [-0.2, 0) is 4.79 Å². The highest BCUT2D eigenvalue weighted by atomic mass is 16.4. The molecule has 20 heavy (non-hydrogen) atoms. The van der Waals surface area contributed by atoms with Crippen LogP contribution in [0, 0.1) is 5.41 Å². The van der Waals surface area contributed by atoms with Crippen molar-refractivity contribution in [2.75, 3.05) is 26.2 Å². The summed E-state index contributed by atoms with van der Waals surface area (Å²) in [5.41, 5.74) is -0.432. The number of likely N-dealkylation sites (N-methyl/N-ethyl adjacent to an activating group) is 1. The molecule has 1 unspecified atom stereocenters. The van der Waals surface area contributed by atoms with Crippen molar-refractivity contribution in [1.29, 1.82) is 0 Å². The van der Waals surface area contributed by atoms with E-state index in [0.717, 1.165) is 58.3 Å². The summed E-state index contributed by atoms with van der Waals surface area (Å²) in [4.78, 5) is 14.1. The van der Waals surface area contributed by atoms with Crippen LogP contribution in [-0.4, -0.2) is 47.7 Å². The van der Waals surface area contributed by atoms with Crippen LogP contribution in [0.5, 0.6) is 0 Å². The molecular weight excluding hydrogens is 252 g/mol. The molecule has 118 valence electrons. The molecule has 0 bridgehead atoms. The first-order valence-electron chi connectivity index (χ1n) is 8.06. The van der Waals surface area contributed by atoms with E-state index in [1.165, 1.54) is 0 Å². The van der Waals surface area contributed by atoms with Crippen molar-refractivity contribution in [3.05, 3.63) is 0 Å². The van der Waals surface area contributed by atoms with Gasteiger partial charge in [-0.3, -0.25) is 4.79 Å². The van der Waals surface area contributed by atoms with Gasteiger partial charge in [0.25, 0.3) is 0 Å². The highest BCUT2D eigenvalue weighted by Crippen LogP contribution is 2.38. The van der Waals surface area contributed by atoms with E-state index in [4.69, 9.17) is 0 Å². The SMILES string of the molecule is CCN(CC)CCNC1(C(=O)O)CCCC(C)(C)CC1. The van der Waals surface area contributed by atoms with Crippen LogP contribution in [0.25, 0.3) is 0 Å². The Labute approximate surface area is 123 Å². The van der Waals surface area contributed by atoms with Gasteiger partial charge in [0, 0.05) is 13.1 Å². The number of nitrogens with one attached hydrogen (secondary N) is 1. The number of aliphatic carboxylic acids is 1. The van der Waals surface area contributed by atoms with Gasteiger partial charge in [-0.2, -0.15) is 0 Å². The van der Waals surface area contributed by atoms with Crippen LogP contribution < -0.4 is 5.32 Å². The fraction of sp³-hybridized carbons (Fsp3) is 0.938. The lowest BCUT2D eigenvalue weighted by atomic mass is 9.83. The average Bonchev–Trinajstić information content (AvgIpc) is 2.54. The Morgan fingerprint density at radius 3 is 2.35 bits per heavy atom. The normalized spacial score (nSPS) is 26.4. The molecule has 0 heterocycles. The molecule has 1 rings (SSSR count). The molecule has 1 atom stereocenters. The molecule has 0 saturated heterocycles. The van der Waals surface area contributed by atoms with Gasteiger partial charge in [0.1, 0.15) is 5.54 Å². The van der Waals surface area contributed by atoms with Crippen molar-refractivity contribution >= 4 is 5.97 Å². The number of nitrogens with zero attached hydrogens (tertiary/aromatic N) is 1. The van der Waals surface area contributed by atoms with Gasteiger partial charge in [-0.15, -0.1) is 0 Å². The zero-order chi connectivity index (χ0) is 15.2. The lowest BCUT2D eigenvalue weighted by molar-refractivity contribution is -0.145. The first-order valence-corrected chi connectivity index (χ1v) is 8.06. The second kappa shape index (κ2) is 7.41. The first-order chi connectivity index (χ1) is 9.35. The molecule has 4 heteroatoms. The van der Waals surface area contributed by atoms with Crippen LogP contribution in [0.2, 0.25) is 0 Å². The maximum absolute atomic E-state index is 11.8.